The lowest BCUT2D eigenvalue weighted by Crippen LogP contribution is -2.46. The molecule has 7 heteroatoms. The standard InChI is InChI=1S/C27H35FN2O4/c1-32-25-10-9-23(28)16-22(25)18-29-12-4-3-6-21-19-30(13-11-26(21)33-2)27(31)20-7-5-8-24(17-20)34-15-14-29/h5,7-10,16-17,21,26H,3-4,6,11-15,18-19H2,1-2H3/t21-,26+/m1/s1. The van der Waals surface area contributed by atoms with E-state index in [4.69, 9.17) is 14.2 Å². The van der Waals surface area contributed by atoms with Crippen molar-refractivity contribution in [1.82, 2.24) is 9.80 Å². The lowest BCUT2D eigenvalue weighted by molar-refractivity contribution is -0.00677. The van der Waals surface area contributed by atoms with Crippen molar-refractivity contribution in [1.29, 1.82) is 0 Å². The fraction of sp³-hybridized carbons (Fsp3) is 0.519. The van der Waals surface area contributed by atoms with Crippen LogP contribution in [-0.4, -0.2) is 68.8 Å². The minimum Gasteiger partial charge on any atom is -0.496 e. The number of halogens is 1. The fourth-order valence-corrected chi connectivity index (χ4v) is 5.10. The minimum absolute atomic E-state index is 0.0553. The molecule has 34 heavy (non-hydrogen) atoms. The Morgan fingerprint density at radius 2 is 1.94 bits per heavy atom. The molecule has 0 spiro atoms. The molecule has 2 aromatic carbocycles. The van der Waals surface area contributed by atoms with Crippen molar-refractivity contribution in [2.24, 2.45) is 5.92 Å². The number of ether oxygens (including phenoxy) is 3. The van der Waals surface area contributed by atoms with E-state index in [1.807, 2.05) is 29.2 Å². The molecule has 1 fully saturated rings. The van der Waals surface area contributed by atoms with Crippen molar-refractivity contribution in [3.63, 3.8) is 0 Å². The van der Waals surface area contributed by atoms with Gasteiger partial charge < -0.3 is 19.1 Å². The van der Waals surface area contributed by atoms with Gasteiger partial charge in [-0.25, -0.2) is 4.39 Å². The summed E-state index contributed by atoms with van der Waals surface area (Å²) in [5.41, 5.74) is 1.48. The second-order valence-corrected chi connectivity index (χ2v) is 9.18. The summed E-state index contributed by atoms with van der Waals surface area (Å²) < 4.78 is 31.2. The van der Waals surface area contributed by atoms with Crippen molar-refractivity contribution < 1.29 is 23.4 Å². The van der Waals surface area contributed by atoms with Gasteiger partial charge in [-0.2, -0.15) is 0 Å². The summed E-state index contributed by atoms with van der Waals surface area (Å²) in [5, 5.41) is 0. The van der Waals surface area contributed by atoms with Gasteiger partial charge in [0.1, 0.15) is 23.9 Å². The van der Waals surface area contributed by atoms with E-state index in [0.717, 1.165) is 37.8 Å². The van der Waals surface area contributed by atoms with Crippen LogP contribution in [0.4, 0.5) is 4.39 Å². The Kier molecular flexibility index (Phi) is 8.40. The first-order valence-corrected chi connectivity index (χ1v) is 12.2. The second-order valence-electron chi connectivity index (χ2n) is 9.18. The molecule has 2 aliphatic rings. The lowest BCUT2D eigenvalue weighted by atomic mass is 9.89. The zero-order chi connectivity index (χ0) is 23.9. The SMILES string of the molecule is COc1ccc(F)cc1CN1CCCC[C@@H]2CN(CC[C@@H]2OC)C(=O)c2cccc(c2)OCC1. The Balaban J connectivity index is 1.52. The molecule has 4 bridgehead atoms. The van der Waals surface area contributed by atoms with E-state index >= 15 is 0 Å². The van der Waals surface area contributed by atoms with Crippen LogP contribution in [0.3, 0.4) is 0 Å². The van der Waals surface area contributed by atoms with E-state index in [9.17, 15) is 9.18 Å². The molecule has 0 unspecified atom stereocenters. The molecule has 184 valence electrons. The van der Waals surface area contributed by atoms with E-state index in [2.05, 4.69) is 4.90 Å². The van der Waals surface area contributed by atoms with E-state index in [0.29, 0.717) is 55.8 Å². The lowest BCUT2D eigenvalue weighted by Gasteiger charge is -2.38. The monoisotopic (exact) mass is 470 g/mol. The highest BCUT2D eigenvalue weighted by atomic mass is 19.1. The highest BCUT2D eigenvalue weighted by Gasteiger charge is 2.31. The average Bonchev–Trinajstić information content (AvgIpc) is 2.86. The molecule has 1 amide bonds. The van der Waals surface area contributed by atoms with Gasteiger partial charge in [-0.15, -0.1) is 0 Å². The molecule has 0 aromatic heterocycles. The van der Waals surface area contributed by atoms with Crippen LogP contribution in [0.1, 0.15) is 41.6 Å². The first-order chi connectivity index (χ1) is 16.6. The number of piperidine rings is 1. The highest BCUT2D eigenvalue weighted by molar-refractivity contribution is 5.94. The Hall–Kier alpha value is -2.64. The third kappa shape index (κ3) is 6.07. The molecule has 0 aliphatic carbocycles. The number of hydrogen-bond acceptors (Lipinski definition) is 5. The van der Waals surface area contributed by atoms with Crippen LogP contribution in [0.2, 0.25) is 0 Å². The molecule has 0 radical (unpaired) electrons. The molecule has 2 atom stereocenters. The third-order valence-corrected chi connectivity index (χ3v) is 6.95. The number of fused-ring (bicyclic) bond motifs is 4. The van der Waals surface area contributed by atoms with Crippen LogP contribution < -0.4 is 9.47 Å². The molecular weight excluding hydrogens is 435 g/mol. The summed E-state index contributed by atoms with van der Waals surface area (Å²) in [4.78, 5) is 17.4. The summed E-state index contributed by atoms with van der Waals surface area (Å²) in [6, 6.07) is 12.1. The maximum Gasteiger partial charge on any atom is 0.254 e. The number of carbonyl (C=O) groups is 1. The van der Waals surface area contributed by atoms with Crippen molar-refractivity contribution in [2.75, 3.05) is 47.0 Å². The maximum absolute atomic E-state index is 13.9. The molecule has 2 aromatic rings. The normalized spacial score (nSPS) is 22.4. The maximum atomic E-state index is 13.9. The first kappa shape index (κ1) is 24.5. The van der Waals surface area contributed by atoms with Gasteiger partial charge in [0.15, 0.2) is 0 Å². The zero-order valence-electron chi connectivity index (χ0n) is 20.2. The third-order valence-electron chi connectivity index (χ3n) is 6.95. The Morgan fingerprint density at radius 1 is 1.06 bits per heavy atom. The highest BCUT2D eigenvalue weighted by Crippen LogP contribution is 2.27. The summed E-state index contributed by atoms with van der Waals surface area (Å²) in [6.07, 6.45) is 4.09. The second kappa shape index (κ2) is 11.7. The van der Waals surface area contributed by atoms with Crippen molar-refractivity contribution in [3.05, 3.63) is 59.4 Å². The van der Waals surface area contributed by atoms with Gasteiger partial charge in [0, 0.05) is 50.3 Å². The van der Waals surface area contributed by atoms with Crippen LogP contribution in [0, 0.1) is 11.7 Å². The Labute approximate surface area is 201 Å². The van der Waals surface area contributed by atoms with Crippen molar-refractivity contribution in [2.45, 2.75) is 38.3 Å². The van der Waals surface area contributed by atoms with Crippen LogP contribution >= 0.6 is 0 Å². The van der Waals surface area contributed by atoms with E-state index in [1.54, 1.807) is 26.4 Å². The van der Waals surface area contributed by atoms with Crippen molar-refractivity contribution >= 4 is 5.91 Å². The van der Waals surface area contributed by atoms with E-state index in [-0.39, 0.29) is 17.8 Å². The van der Waals surface area contributed by atoms with Gasteiger partial charge in [0.25, 0.3) is 5.91 Å². The van der Waals surface area contributed by atoms with Crippen LogP contribution in [-0.2, 0) is 11.3 Å². The minimum atomic E-state index is -0.265. The number of hydrogen-bond donors (Lipinski definition) is 0. The van der Waals surface area contributed by atoms with Gasteiger partial charge in [-0.05, 0) is 62.2 Å². The summed E-state index contributed by atoms with van der Waals surface area (Å²) in [6.45, 7) is 4.05. The van der Waals surface area contributed by atoms with Crippen LogP contribution in [0.5, 0.6) is 11.5 Å². The number of benzene rings is 2. The number of methoxy groups -OCH3 is 2. The predicted molar refractivity (Wildman–Crippen MR) is 129 cm³/mol. The fourth-order valence-electron chi connectivity index (χ4n) is 5.10. The van der Waals surface area contributed by atoms with Crippen molar-refractivity contribution in [3.8, 4) is 11.5 Å². The predicted octanol–water partition coefficient (Wildman–Crippen LogP) is 4.38. The van der Waals surface area contributed by atoms with Crippen LogP contribution in [0.15, 0.2) is 42.5 Å². The van der Waals surface area contributed by atoms with E-state index in [1.165, 1.54) is 6.07 Å². The molecule has 6 nitrogen and oxygen atoms in total. The molecule has 2 heterocycles. The first-order valence-electron chi connectivity index (χ1n) is 12.2. The summed E-state index contributed by atoms with van der Waals surface area (Å²) >= 11 is 0. The zero-order valence-corrected chi connectivity index (χ0v) is 20.2. The average molecular weight is 471 g/mol. The summed E-state index contributed by atoms with van der Waals surface area (Å²) in [7, 11) is 3.38. The topological polar surface area (TPSA) is 51.2 Å². The summed E-state index contributed by atoms with van der Waals surface area (Å²) in [5.74, 6) is 1.49. The van der Waals surface area contributed by atoms with Gasteiger partial charge >= 0.3 is 0 Å². The van der Waals surface area contributed by atoms with Gasteiger partial charge in [0.05, 0.1) is 13.2 Å². The number of amides is 1. The molecule has 4 rings (SSSR count). The number of carbonyl (C=O) groups excluding carboxylic acids is 1. The molecule has 0 saturated carbocycles. The van der Waals surface area contributed by atoms with Gasteiger partial charge in [-0.3, -0.25) is 9.69 Å². The Morgan fingerprint density at radius 3 is 2.76 bits per heavy atom. The van der Waals surface area contributed by atoms with Gasteiger partial charge in [-0.1, -0.05) is 12.5 Å². The molecule has 1 saturated heterocycles. The van der Waals surface area contributed by atoms with Crippen LogP contribution in [0.25, 0.3) is 0 Å². The number of nitrogens with zero attached hydrogens (tertiary/aromatic N) is 2. The van der Waals surface area contributed by atoms with Gasteiger partial charge in [0.2, 0.25) is 0 Å². The molecule has 2 aliphatic heterocycles. The van der Waals surface area contributed by atoms with E-state index < -0.39 is 0 Å². The quantitative estimate of drug-likeness (QED) is 0.664. The smallest absolute Gasteiger partial charge is 0.254 e. The molecule has 0 N–H and O–H groups in total. The molecular formula is C27H35FN2O4. The Bertz CT molecular complexity index is 969. The largest absolute Gasteiger partial charge is 0.496 e. The number of rotatable bonds is 4.